The number of hydrogen-bond acceptors (Lipinski definition) is 4. The Morgan fingerprint density at radius 1 is 0.625 bits per heavy atom. The van der Waals surface area contributed by atoms with Crippen LogP contribution in [-0.4, -0.2) is 46.9 Å². The monoisotopic (exact) mass is 367 g/mol. The molecule has 0 spiro atoms. The molecule has 0 fully saturated rings. The van der Waals surface area contributed by atoms with Gasteiger partial charge in [0.15, 0.2) is 0 Å². The maximum atomic E-state index is 7.57. The Morgan fingerprint density at radius 2 is 0.625 bits per heavy atom. The number of aliphatic hydroxyl groups excluding tert-OH is 4. The summed E-state index contributed by atoms with van der Waals surface area (Å²) in [5.74, 6) is 0. The fraction of sp³-hybridized carbons (Fsp3) is 0.900. The van der Waals surface area contributed by atoms with Crippen molar-refractivity contribution < 1.29 is 66.1 Å². The van der Waals surface area contributed by atoms with Crippen LogP contribution in [0.2, 0.25) is 0 Å². The number of aliphatic hydroxyl groups is 4. The second-order valence-electron chi connectivity index (χ2n) is 1.26. The van der Waals surface area contributed by atoms with E-state index in [1.54, 1.807) is 34.6 Å². The minimum atomic E-state index is 0. The molecule has 6 heteroatoms. The van der Waals surface area contributed by atoms with Crippen molar-refractivity contribution in [2.45, 2.75) is 34.6 Å². The first-order valence-corrected chi connectivity index (χ1v) is 4.80. The summed E-state index contributed by atoms with van der Waals surface area (Å²) in [6.07, 6.45) is 0. The first kappa shape index (κ1) is 43.3. The first-order chi connectivity index (χ1) is 6.66. The molecule has 0 aromatic rings. The quantitative estimate of drug-likeness (QED) is 0.376. The van der Waals surface area contributed by atoms with E-state index in [9.17, 15) is 0 Å². The van der Waals surface area contributed by atoms with Crippen LogP contribution in [-0.2, 0) is 45.7 Å². The Kier molecular flexibility index (Phi) is 364. The largest absolute Gasteiger partial charge is 0.397 e. The van der Waals surface area contributed by atoms with Crippen LogP contribution in [0.15, 0.2) is 0 Å². The van der Waals surface area contributed by atoms with Gasteiger partial charge >= 0.3 is 0 Å². The molecule has 0 rings (SSSR count). The summed E-state index contributed by atoms with van der Waals surface area (Å²) in [5.41, 5.74) is 0. The summed E-state index contributed by atoms with van der Waals surface area (Å²) < 4.78 is 0. The van der Waals surface area contributed by atoms with Gasteiger partial charge in [-0.3, -0.25) is 0 Å². The van der Waals surface area contributed by atoms with Gasteiger partial charge in [0.2, 0.25) is 0 Å². The van der Waals surface area contributed by atoms with Gasteiger partial charge in [0.25, 0.3) is 0 Å². The van der Waals surface area contributed by atoms with E-state index in [4.69, 9.17) is 20.4 Å². The second kappa shape index (κ2) is 135. The Balaban J connectivity index is -0.0000000124. The summed E-state index contributed by atoms with van der Waals surface area (Å²) in [7, 11) is 0. The van der Waals surface area contributed by atoms with E-state index in [1.165, 1.54) is 0 Å². The Hall–Kier alpha value is 1.35. The molecular formula is C10H29O4ZnZr-. The maximum Gasteiger partial charge on any atom is 0.0402 e. The van der Waals surface area contributed by atoms with Gasteiger partial charge in [-0.2, -0.15) is 6.92 Å². The molecule has 0 aromatic heterocycles. The van der Waals surface area contributed by atoms with Crippen LogP contribution in [0.1, 0.15) is 34.6 Å². The minimum Gasteiger partial charge on any atom is -0.397 e. The molecule has 0 aliphatic carbocycles. The van der Waals surface area contributed by atoms with Gasteiger partial charge in [0.05, 0.1) is 0 Å². The molecule has 0 heterocycles. The zero-order valence-corrected chi connectivity index (χ0v) is 17.0. The summed E-state index contributed by atoms with van der Waals surface area (Å²) in [4.78, 5) is 0. The normalized spacial score (nSPS) is 4.88. The SMILES string of the molecule is CCO.CCO.CCO.CCO.[CH2-]C.[Zn].[Zr]. The summed E-state index contributed by atoms with van der Waals surface area (Å²) in [6.45, 7) is 12.7. The van der Waals surface area contributed by atoms with Crippen molar-refractivity contribution in [2.24, 2.45) is 0 Å². The van der Waals surface area contributed by atoms with Gasteiger partial charge in [0.1, 0.15) is 0 Å². The van der Waals surface area contributed by atoms with Gasteiger partial charge in [0, 0.05) is 72.1 Å². The van der Waals surface area contributed by atoms with Crippen molar-refractivity contribution >= 4 is 0 Å². The maximum absolute atomic E-state index is 7.57. The molecule has 0 amide bonds. The average Bonchev–Trinajstić information content (AvgIpc) is 2.12. The van der Waals surface area contributed by atoms with E-state index >= 15 is 0 Å². The van der Waals surface area contributed by atoms with Crippen molar-refractivity contribution in [3.63, 3.8) is 0 Å². The molecule has 0 radical (unpaired) electrons. The molecule has 16 heavy (non-hydrogen) atoms. The van der Waals surface area contributed by atoms with Crippen molar-refractivity contribution in [3.8, 4) is 0 Å². The van der Waals surface area contributed by atoms with Gasteiger partial charge in [-0.1, -0.05) is 0 Å². The van der Waals surface area contributed by atoms with Crippen molar-refractivity contribution in [3.05, 3.63) is 6.92 Å². The van der Waals surface area contributed by atoms with Gasteiger partial charge < -0.3 is 27.3 Å². The fourth-order valence-electron chi connectivity index (χ4n) is 0. The van der Waals surface area contributed by atoms with Crippen molar-refractivity contribution in [1.82, 2.24) is 0 Å². The number of hydrogen-bond donors (Lipinski definition) is 4. The Bertz CT molecular complexity index is 30.8. The van der Waals surface area contributed by atoms with Crippen molar-refractivity contribution in [1.29, 1.82) is 0 Å². The summed E-state index contributed by atoms with van der Waals surface area (Å²) >= 11 is 0. The molecule has 100 valence electrons. The predicted octanol–water partition coefficient (Wildman–Crippen LogP) is 0.830. The van der Waals surface area contributed by atoms with Crippen LogP contribution >= 0.6 is 0 Å². The van der Waals surface area contributed by atoms with Gasteiger partial charge in [-0.25, -0.2) is 0 Å². The van der Waals surface area contributed by atoms with E-state index in [0.717, 1.165) is 0 Å². The molecule has 0 saturated heterocycles. The van der Waals surface area contributed by atoms with E-state index in [-0.39, 0.29) is 72.1 Å². The third-order valence-electron chi connectivity index (χ3n) is 0. The topological polar surface area (TPSA) is 80.9 Å². The summed E-state index contributed by atoms with van der Waals surface area (Å²) in [6, 6.07) is 0. The third-order valence-corrected chi connectivity index (χ3v) is 0. The zero-order chi connectivity index (χ0) is 12.8. The van der Waals surface area contributed by atoms with E-state index < -0.39 is 0 Å². The molecule has 4 N–H and O–H groups in total. The van der Waals surface area contributed by atoms with Crippen LogP contribution in [0.5, 0.6) is 0 Å². The molecule has 0 bridgehead atoms. The molecule has 0 aromatic carbocycles. The molecule has 0 atom stereocenters. The predicted molar refractivity (Wildman–Crippen MR) is 62.1 cm³/mol. The third kappa shape index (κ3) is 1740. The van der Waals surface area contributed by atoms with Crippen LogP contribution in [0.3, 0.4) is 0 Å². The standard InChI is InChI=1S/4C2H6O.C2H5.Zn.Zr/c4*1-2-3;1-2;;/h4*3H,2H2,1H3;1H2,2H3;;/q;;;;-1;;. The summed E-state index contributed by atoms with van der Waals surface area (Å²) in [5, 5.41) is 30.3. The van der Waals surface area contributed by atoms with Crippen LogP contribution in [0.25, 0.3) is 0 Å². The van der Waals surface area contributed by atoms with Crippen LogP contribution in [0.4, 0.5) is 0 Å². The number of rotatable bonds is 0. The average molecular weight is 370 g/mol. The fourth-order valence-corrected chi connectivity index (χ4v) is 0. The molecule has 0 unspecified atom stereocenters. The van der Waals surface area contributed by atoms with Gasteiger partial charge in [-0.15, -0.1) is 0 Å². The molecule has 4 nitrogen and oxygen atoms in total. The van der Waals surface area contributed by atoms with Crippen LogP contribution in [0, 0.1) is 6.92 Å². The van der Waals surface area contributed by atoms with Gasteiger partial charge in [-0.05, 0) is 27.7 Å². The smallest absolute Gasteiger partial charge is 0.0402 e. The zero-order valence-electron chi connectivity index (χ0n) is 11.5. The van der Waals surface area contributed by atoms with Crippen molar-refractivity contribution in [2.75, 3.05) is 26.4 Å². The molecule has 0 saturated carbocycles. The van der Waals surface area contributed by atoms with E-state index in [0.29, 0.717) is 0 Å². The van der Waals surface area contributed by atoms with Crippen LogP contribution < -0.4 is 0 Å². The second-order valence-corrected chi connectivity index (χ2v) is 1.26. The molecular weight excluding hydrogens is 341 g/mol. The molecule has 0 aliphatic heterocycles. The van der Waals surface area contributed by atoms with E-state index in [1.807, 2.05) is 0 Å². The Morgan fingerprint density at radius 3 is 0.625 bits per heavy atom. The Labute approximate surface area is 133 Å². The van der Waals surface area contributed by atoms with E-state index in [2.05, 4.69) is 6.92 Å². The minimum absolute atomic E-state index is 0. The first-order valence-electron chi connectivity index (χ1n) is 4.80. The molecule has 0 aliphatic rings.